The van der Waals surface area contributed by atoms with Crippen molar-refractivity contribution in [1.29, 1.82) is 0 Å². The molecule has 0 amide bonds. The van der Waals surface area contributed by atoms with Crippen LogP contribution in [0.5, 0.6) is 5.75 Å². The SMILES string of the molecule is COc1ccc(-n2cccn2)cc1S(=O)(=O)N1CCC2(CC1)OCC[C@@](C)(O)[C@@H]2O. The molecule has 1 aromatic heterocycles. The van der Waals surface area contributed by atoms with Crippen LogP contribution in [0, 0.1) is 0 Å². The molecular weight excluding hydrogens is 410 g/mol. The van der Waals surface area contributed by atoms with E-state index < -0.39 is 27.3 Å². The Labute approximate surface area is 175 Å². The number of nitrogens with zero attached hydrogens (tertiary/aromatic N) is 3. The smallest absolute Gasteiger partial charge is 0.246 e. The van der Waals surface area contributed by atoms with Crippen molar-refractivity contribution in [3.63, 3.8) is 0 Å². The van der Waals surface area contributed by atoms with E-state index in [2.05, 4.69) is 5.10 Å². The minimum atomic E-state index is -3.85. The van der Waals surface area contributed by atoms with E-state index in [1.54, 1.807) is 48.3 Å². The van der Waals surface area contributed by atoms with Gasteiger partial charge in [0.25, 0.3) is 0 Å². The maximum absolute atomic E-state index is 13.4. The number of methoxy groups -OCH3 is 1. The van der Waals surface area contributed by atoms with Crippen LogP contribution >= 0.6 is 0 Å². The van der Waals surface area contributed by atoms with E-state index in [-0.39, 0.29) is 23.7 Å². The zero-order valence-corrected chi connectivity index (χ0v) is 17.9. The maximum atomic E-state index is 13.4. The number of hydrogen-bond donors (Lipinski definition) is 2. The molecule has 2 aromatic rings. The minimum Gasteiger partial charge on any atom is -0.495 e. The molecule has 4 rings (SSSR count). The zero-order valence-electron chi connectivity index (χ0n) is 17.1. The average Bonchev–Trinajstić information content (AvgIpc) is 3.27. The predicted octanol–water partition coefficient (Wildman–Crippen LogP) is 0.936. The first-order valence-corrected chi connectivity index (χ1v) is 11.4. The molecule has 2 saturated heterocycles. The lowest BCUT2D eigenvalue weighted by Gasteiger charge is -2.51. The summed E-state index contributed by atoms with van der Waals surface area (Å²) in [7, 11) is -2.42. The Hall–Kier alpha value is -1.98. The van der Waals surface area contributed by atoms with E-state index in [1.807, 2.05) is 0 Å². The highest BCUT2D eigenvalue weighted by Gasteiger charge is 2.53. The van der Waals surface area contributed by atoms with Crippen molar-refractivity contribution in [2.24, 2.45) is 0 Å². The molecule has 0 bridgehead atoms. The molecule has 9 nitrogen and oxygen atoms in total. The van der Waals surface area contributed by atoms with Gasteiger partial charge in [-0.1, -0.05) is 0 Å². The zero-order chi connectivity index (χ0) is 21.6. The first kappa shape index (κ1) is 21.3. The fourth-order valence-electron chi connectivity index (χ4n) is 4.34. The van der Waals surface area contributed by atoms with Crippen LogP contribution in [0.1, 0.15) is 26.2 Å². The van der Waals surface area contributed by atoms with Crippen LogP contribution in [0.2, 0.25) is 0 Å². The molecule has 2 aliphatic rings. The molecule has 1 aromatic carbocycles. The van der Waals surface area contributed by atoms with Gasteiger partial charge in [-0.15, -0.1) is 0 Å². The van der Waals surface area contributed by atoms with Crippen molar-refractivity contribution in [3.05, 3.63) is 36.7 Å². The first-order valence-electron chi connectivity index (χ1n) is 9.92. The van der Waals surface area contributed by atoms with Crippen LogP contribution in [-0.4, -0.2) is 76.8 Å². The normalized spacial score (nSPS) is 27.3. The van der Waals surface area contributed by atoms with Gasteiger partial charge in [-0.25, -0.2) is 13.1 Å². The van der Waals surface area contributed by atoms with Gasteiger partial charge >= 0.3 is 0 Å². The van der Waals surface area contributed by atoms with Gasteiger partial charge in [-0.3, -0.25) is 0 Å². The summed E-state index contributed by atoms with van der Waals surface area (Å²) >= 11 is 0. The Morgan fingerprint density at radius 1 is 1.27 bits per heavy atom. The number of sulfonamides is 1. The Morgan fingerprint density at radius 2 is 2.00 bits per heavy atom. The van der Waals surface area contributed by atoms with Crippen molar-refractivity contribution >= 4 is 10.0 Å². The number of piperidine rings is 1. The van der Waals surface area contributed by atoms with Crippen LogP contribution in [-0.2, 0) is 14.8 Å². The van der Waals surface area contributed by atoms with Gasteiger partial charge in [0.15, 0.2) is 0 Å². The number of aliphatic hydroxyl groups is 2. The van der Waals surface area contributed by atoms with Crippen LogP contribution in [0.25, 0.3) is 5.69 Å². The highest BCUT2D eigenvalue weighted by molar-refractivity contribution is 7.89. The molecule has 2 aliphatic heterocycles. The van der Waals surface area contributed by atoms with Gasteiger partial charge in [-0.2, -0.15) is 9.40 Å². The standard InChI is InChI=1S/C20H27N3O6S/c1-19(25)8-13-29-20(18(19)24)6-11-22(12-7-20)30(26,27)17-14-15(4-5-16(17)28-2)23-10-3-9-21-23/h3-5,9-10,14,18,24-25H,6-8,11-13H2,1-2H3/t18-,19+/m0/s1. The number of benzene rings is 1. The lowest BCUT2D eigenvalue weighted by Crippen LogP contribution is -2.64. The molecule has 1 spiro atoms. The monoisotopic (exact) mass is 437 g/mol. The summed E-state index contributed by atoms with van der Waals surface area (Å²) in [6, 6.07) is 6.65. The summed E-state index contributed by atoms with van der Waals surface area (Å²) in [6.45, 7) is 2.27. The van der Waals surface area contributed by atoms with Crippen molar-refractivity contribution in [2.45, 2.75) is 48.4 Å². The second-order valence-electron chi connectivity index (χ2n) is 8.11. The third-order valence-corrected chi connectivity index (χ3v) is 8.11. The lowest BCUT2D eigenvalue weighted by atomic mass is 9.75. The quantitative estimate of drug-likeness (QED) is 0.732. The van der Waals surface area contributed by atoms with Crippen LogP contribution in [0.4, 0.5) is 0 Å². The molecular formula is C20H27N3O6S. The van der Waals surface area contributed by atoms with Gasteiger partial charge in [0.2, 0.25) is 10.0 Å². The third kappa shape index (κ3) is 3.52. The number of aliphatic hydroxyl groups excluding tert-OH is 1. The van der Waals surface area contributed by atoms with Crippen molar-refractivity contribution < 1.29 is 28.1 Å². The average molecular weight is 438 g/mol. The molecule has 0 aliphatic carbocycles. The van der Waals surface area contributed by atoms with E-state index in [1.165, 1.54) is 11.4 Å². The van der Waals surface area contributed by atoms with Gasteiger partial charge in [0, 0.05) is 31.9 Å². The van der Waals surface area contributed by atoms with E-state index in [4.69, 9.17) is 9.47 Å². The predicted molar refractivity (Wildman–Crippen MR) is 108 cm³/mol. The minimum absolute atomic E-state index is 0.0612. The number of hydrogen-bond acceptors (Lipinski definition) is 7. The van der Waals surface area contributed by atoms with Crippen LogP contribution in [0.3, 0.4) is 0 Å². The lowest BCUT2D eigenvalue weighted by molar-refractivity contribution is -0.243. The molecule has 0 unspecified atom stereocenters. The van der Waals surface area contributed by atoms with Crippen molar-refractivity contribution in [2.75, 3.05) is 26.8 Å². The summed E-state index contributed by atoms with van der Waals surface area (Å²) in [5.41, 5.74) is -1.58. The molecule has 0 saturated carbocycles. The third-order valence-electron chi connectivity index (χ3n) is 6.19. The molecule has 10 heteroatoms. The Balaban J connectivity index is 1.60. The number of aromatic nitrogens is 2. The molecule has 2 fully saturated rings. The maximum Gasteiger partial charge on any atom is 0.246 e. The van der Waals surface area contributed by atoms with Crippen molar-refractivity contribution in [1.82, 2.24) is 14.1 Å². The first-order chi connectivity index (χ1) is 14.2. The summed E-state index contributed by atoms with van der Waals surface area (Å²) in [5.74, 6) is 0.253. The fraction of sp³-hybridized carbons (Fsp3) is 0.550. The van der Waals surface area contributed by atoms with Crippen molar-refractivity contribution in [3.8, 4) is 11.4 Å². The highest BCUT2D eigenvalue weighted by Crippen LogP contribution is 2.41. The second kappa shape index (κ2) is 7.61. The van der Waals surface area contributed by atoms with E-state index >= 15 is 0 Å². The summed E-state index contributed by atoms with van der Waals surface area (Å²) in [6.07, 6.45) is 3.22. The van der Waals surface area contributed by atoms with Gasteiger partial charge in [0.1, 0.15) is 16.7 Å². The largest absolute Gasteiger partial charge is 0.495 e. The van der Waals surface area contributed by atoms with Crippen LogP contribution < -0.4 is 4.74 Å². The Bertz CT molecular complexity index is 998. The topological polar surface area (TPSA) is 114 Å². The Morgan fingerprint density at radius 3 is 2.63 bits per heavy atom. The molecule has 164 valence electrons. The highest BCUT2D eigenvalue weighted by atomic mass is 32.2. The molecule has 2 atom stereocenters. The van der Waals surface area contributed by atoms with Crippen LogP contribution in [0.15, 0.2) is 41.6 Å². The molecule has 30 heavy (non-hydrogen) atoms. The molecule has 3 heterocycles. The molecule has 0 radical (unpaired) electrons. The van der Waals surface area contributed by atoms with Gasteiger partial charge < -0.3 is 19.7 Å². The molecule has 2 N–H and O–H groups in total. The number of rotatable bonds is 4. The van der Waals surface area contributed by atoms with E-state index in [0.29, 0.717) is 31.6 Å². The summed E-state index contributed by atoms with van der Waals surface area (Å²) < 4.78 is 41.0. The summed E-state index contributed by atoms with van der Waals surface area (Å²) in [5, 5.41) is 25.3. The summed E-state index contributed by atoms with van der Waals surface area (Å²) in [4.78, 5) is 0.0612. The second-order valence-corrected chi connectivity index (χ2v) is 10.0. The van der Waals surface area contributed by atoms with Gasteiger partial charge in [0.05, 0.1) is 30.6 Å². The van der Waals surface area contributed by atoms with E-state index in [0.717, 1.165) is 0 Å². The fourth-order valence-corrected chi connectivity index (χ4v) is 5.95. The van der Waals surface area contributed by atoms with E-state index in [9.17, 15) is 18.6 Å². The number of ether oxygens (including phenoxy) is 2. The van der Waals surface area contributed by atoms with Gasteiger partial charge in [-0.05, 0) is 44.0 Å². The Kier molecular flexibility index (Phi) is 5.39.